The molecule has 1 rings (SSSR count). The van der Waals surface area contributed by atoms with Gasteiger partial charge in [0.15, 0.2) is 0 Å². The van der Waals surface area contributed by atoms with Crippen LogP contribution in [0.25, 0.3) is 0 Å². The molecule has 0 aliphatic carbocycles. The van der Waals surface area contributed by atoms with Crippen LogP contribution in [0.3, 0.4) is 0 Å². The Morgan fingerprint density at radius 3 is 2.35 bits per heavy atom. The van der Waals surface area contributed by atoms with Crippen LogP contribution in [0.1, 0.15) is 40.5 Å². The molecule has 1 aromatic heterocycles. The average Bonchev–Trinajstić information content (AvgIpc) is 2.48. The molecule has 0 amide bonds. The normalized spacial score (nSPS) is 10.7. The Hall–Kier alpha value is -1.63. The second kappa shape index (κ2) is 8.52. The van der Waals surface area contributed by atoms with Crippen LogP contribution in [0.4, 0.5) is 11.9 Å². The third kappa shape index (κ3) is 4.48. The standard InChI is InChI=1S/C13H26N6O/c1-5-10(6-2)9-19(7-3)12-15-11(18-14)16-13(17-12)20-8-4/h10H,5-9,14H2,1-4H3,(H,15,16,17,18). The Labute approximate surface area is 120 Å². The molecule has 114 valence electrons. The average molecular weight is 282 g/mol. The van der Waals surface area contributed by atoms with E-state index < -0.39 is 0 Å². The van der Waals surface area contributed by atoms with Gasteiger partial charge in [-0.25, -0.2) is 5.84 Å². The molecule has 7 heteroatoms. The molecule has 0 saturated heterocycles. The molecule has 0 atom stereocenters. The SMILES string of the molecule is CCOc1nc(NN)nc(N(CC)CC(CC)CC)n1. The van der Waals surface area contributed by atoms with Crippen LogP contribution in [-0.4, -0.2) is 34.6 Å². The molecule has 0 bridgehead atoms. The molecule has 0 aromatic carbocycles. The summed E-state index contributed by atoms with van der Waals surface area (Å²) in [7, 11) is 0. The third-order valence-corrected chi connectivity index (χ3v) is 3.30. The first-order chi connectivity index (χ1) is 9.68. The number of nitrogen functional groups attached to an aromatic ring is 1. The van der Waals surface area contributed by atoms with Crippen LogP contribution in [-0.2, 0) is 0 Å². The van der Waals surface area contributed by atoms with Crippen molar-refractivity contribution in [3.63, 3.8) is 0 Å². The predicted octanol–water partition coefficient (Wildman–Crippen LogP) is 1.82. The molecule has 1 aromatic rings. The first-order valence-electron chi connectivity index (χ1n) is 7.28. The largest absolute Gasteiger partial charge is 0.464 e. The lowest BCUT2D eigenvalue weighted by molar-refractivity contribution is 0.311. The van der Waals surface area contributed by atoms with Crippen molar-refractivity contribution in [2.75, 3.05) is 30.0 Å². The minimum absolute atomic E-state index is 0.299. The molecule has 20 heavy (non-hydrogen) atoms. The molecule has 0 aliphatic rings. The summed E-state index contributed by atoms with van der Waals surface area (Å²) in [6.07, 6.45) is 2.27. The highest BCUT2D eigenvalue weighted by Crippen LogP contribution is 2.18. The zero-order valence-corrected chi connectivity index (χ0v) is 12.9. The highest BCUT2D eigenvalue weighted by Gasteiger charge is 2.16. The topological polar surface area (TPSA) is 89.2 Å². The van der Waals surface area contributed by atoms with Gasteiger partial charge in [0, 0.05) is 13.1 Å². The number of anilines is 2. The van der Waals surface area contributed by atoms with E-state index in [-0.39, 0.29) is 0 Å². The van der Waals surface area contributed by atoms with Crippen LogP contribution in [0.2, 0.25) is 0 Å². The fraction of sp³-hybridized carbons (Fsp3) is 0.769. The van der Waals surface area contributed by atoms with E-state index >= 15 is 0 Å². The molecule has 3 N–H and O–H groups in total. The number of aromatic nitrogens is 3. The second-order valence-corrected chi connectivity index (χ2v) is 4.54. The van der Waals surface area contributed by atoms with Gasteiger partial charge in [0.05, 0.1) is 6.61 Å². The first kappa shape index (κ1) is 16.4. The Balaban J connectivity index is 2.97. The number of nitrogens with one attached hydrogen (secondary N) is 1. The molecule has 0 fully saturated rings. The van der Waals surface area contributed by atoms with Crippen molar-refractivity contribution >= 4 is 11.9 Å². The van der Waals surface area contributed by atoms with Crippen molar-refractivity contribution in [1.82, 2.24) is 15.0 Å². The minimum atomic E-state index is 0.299. The number of nitrogens with two attached hydrogens (primary N) is 1. The van der Waals surface area contributed by atoms with Gasteiger partial charge in [0.1, 0.15) is 0 Å². The number of rotatable bonds is 9. The van der Waals surface area contributed by atoms with E-state index in [1.165, 1.54) is 0 Å². The van der Waals surface area contributed by atoms with Gasteiger partial charge in [0.2, 0.25) is 11.9 Å². The van der Waals surface area contributed by atoms with Gasteiger partial charge in [-0.15, -0.1) is 0 Å². The Kier molecular flexibility index (Phi) is 7.00. The number of hydrogen-bond acceptors (Lipinski definition) is 7. The maximum atomic E-state index is 5.40. The van der Waals surface area contributed by atoms with Gasteiger partial charge in [-0.2, -0.15) is 15.0 Å². The highest BCUT2D eigenvalue weighted by molar-refractivity contribution is 5.37. The summed E-state index contributed by atoms with van der Waals surface area (Å²) in [5, 5.41) is 0. The zero-order chi connectivity index (χ0) is 15.0. The summed E-state index contributed by atoms with van der Waals surface area (Å²) in [6.45, 7) is 10.6. The fourth-order valence-electron chi connectivity index (χ4n) is 1.96. The van der Waals surface area contributed by atoms with Gasteiger partial charge >= 0.3 is 6.01 Å². The number of ether oxygens (including phenoxy) is 1. The van der Waals surface area contributed by atoms with E-state index in [1.54, 1.807) is 0 Å². The molecule has 1 heterocycles. The monoisotopic (exact) mass is 282 g/mol. The lowest BCUT2D eigenvalue weighted by atomic mass is 10.0. The summed E-state index contributed by atoms with van der Waals surface area (Å²) in [5.74, 6) is 6.95. The van der Waals surface area contributed by atoms with Crippen LogP contribution in [0.15, 0.2) is 0 Å². The lowest BCUT2D eigenvalue weighted by Gasteiger charge is -2.25. The second-order valence-electron chi connectivity index (χ2n) is 4.54. The maximum absolute atomic E-state index is 5.40. The minimum Gasteiger partial charge on any atom is -0.464 e. The van der Waals surface area contributed by atoms with E-state index in [9.17, 15) is 0 Å². The summed E-state index contributed by atoms with van der Waals surface area (Å²) in [4.78, 5) is 14.9. The van der Waals surface area contributed by atoms with Crippen LogP contribution < -0.4 is 20.9 Å². The molecule has 0 saturated carbocycles. The Morgan fingerprint density at radius 1 is 1.15 bits per heavy atom. The zero-order valence-electron chi connectivity index (χ0n) is 12.9. The van der Waals surface area contributed by atoms with Crippen molar-refractivity contribution in [3.8, 4) is 6.01 Å². The maximum Gasteiger partial charge on any atom is 0.323 e. The molecule has 0 aliphatic heterocycles. The van der Waals surface area contributed by atoms with E-state index in [0.29, 0.717) is 30.4 Å². The van der Waals surface area contributed by atoms with E-state index in [1.807, 2.05) is 6.92 Å². The molecule has 0 radical (unpaired) electrons. The van der Waals surface area contributed by atoms with Crippen molar-refractivity contribution in [3.05, 3.63) is 0 Å². The summed E-state index contributed by atoms with van der Waals surface area (Å²) >= 11 is 0. The molecule has 0 spiro atoms. The van der Waals surface area contributed by atoms with Crippen LogP contribution >= 0.6 is 0 Å². The lowest BCUT2D eigenvalue weighted by Crippen LogP contribution is -2.31. The first-order valence-corrected chi connectivity index (χ1v) is 7.28. The summed E-state index contributed by atoms with van der Waals surface area (Å²) in [6, 6.07) is 0.299. The molecule has 7 nitrogen and oxygen atoms in total. The smallest absolute Gasteiger partial charge is 0.323 e. The number of hydrazine groups is 1. The molecular weight excluding hydrogens is 256 g/mol. The number of nitrogens with zero attached hydrogens (tertiary/aromatic N) is 4. The van der Waals surface area contributed by atoms with E-state index in [4.69, 9.17) is 10.6 Å². The van der Waals surface area contributed by atoms with Crippen molar-refractivity contribution < 1.29 is 4.74 Å². The third-order valence-electron chi connectivity index (χ3n) is 3.30. The van der Waals surface area contributed by atoms with Gasteiger partial charge in [-0.3, -0.25) is 5.43 Å². The molecule has 0 unspecified atom stereocenters. The van der Waals surface area contributed by atoms with E-state index in [0.717, 1.165) is 25.9 Å². The Bertz CT molecular complexity index is 396. The Morgan fingerprint density at radius 2 is 1.85 bits per heavy atom. The van der Waals surface area contributed by atoms with Crippen LogP contribution in [0, 0.1) is 5.92 Å². The molecular formula is C13H26N6O. The van der Waals surface area contributed by atoms with Gasteiger partial charge < -0.3 is 9.64 Å². The number of hydrogen-bond donors (Lipinski definition) is 2. The van der Waals surface area contributed by atoms with Crippen LogP contribution in [0.5, 0.6) is 6.01 Å². The quantitative estimate of drug-likeness (QED) is 0.527. The van der Waals surface area contributed by atoms with Crippen molar-refractivity contribution in [1.29, 1.82) is 0 Å². The van der Waals surface area contributed by atoms with Gasteiger partial charge in [-0.1, -0.05) is 26.7 Å². The summed E-state index contributed by atoms with van der Waals surface area (Å²) in [5.41, 5.74) is 2.46. The highest BCUT2D eigenvalue weighted by atomic mass is 16.5. The fourth-order valence-corrected chi connectivity index (χ4v) is 1.96. The van der Waals surface area contributed by atoms with E-state index in [2.05, 4.69) is 46.0 Å². The van der Waals surface area contributed by atoms with Gasteiger partial charge in [-0.05, 0) is 19.8 Å². The predicted molar refractivity (Wildman–Crippen MR) is 80.8 cm³/mol. The van der Waals surface area contributed by atoms with Crippen molar-refractivity contribution in [2.24, 2.45) is 11.8 Å². The summed E-state index contributed by atoms with van der Waals surface area (Å²) < 4.78 is 5.36. The van der Waals surface area contributed by atoms with Crippen molar-refractivity contribution in [2.45, 2.75) is 40.5 Å². The van der Waals surface area contributed by atoms with Gasteiger partial charge in [0.25, 0.3) is 0 Å².